The van der Waals surface area contributed by atoms with E-state index in [-0.39, 0.29) is 24.1 Å². The van der Waals surface area contributed by atoms with Crippen molar-refractivity contribution in [3.8, 4) is 11.5 Å². The lowest BCUT2D eigenvalue weighted by atomic mass is 10.1. The highest BCUT2D eigenvalue weighted by Crippen LogP contribution is 2.35. The van der Waals surface area contributed by atoms with Crippen LogP contribution in [0.5, 0.6) is 11.5 Å². The second-order valence-electron chi connectivity index (χ2n) is 7.08. The summed E-state index contributed by atoms with van der Waals surface area (Å²) in [5, 5.41) is 2.87. The van der Waals surface area contributed by atoms with E-state index >= 15 is 0 Å². The summed E-state index contributed by atoms with van der Waals surface area (Å²) < 4.78 is 12.0. The molecule has 0 aliphatic carbocycles. The van der Waals surface area contributed by atoms with Gasteiger partial charge in [-0.05, 0) is 35.9 Å². The fourth-order valence-electron chi connectivity index (χ4n) is 3.39. The fourth-order valence-corrected chi connectivity index (χ4v) is 3.79. The van der Waals surface area contributed by atoms with Gasteiger partial charge in [0.15, 0.2) is 11.5 Å². The zero-order valence-electron chi connectivity index (χ0n) is 17.4. The predicted molar refractivity (Wildman–Crippen MR) is 126 cm³/mol. The molecule has 0 saturated heterocycles. The first-order valence-electron chi connectivity index (χ1n) is 10.0. The summed E-state index contributed by atoms with van der Waals surface area (Å²) in [6.07, 6.45) is 1.67. The average molecular weight is 493 g/mol. The number of hydrogen-bond acceptors (Lipinski definition) is 4. The lowest BCUT2D eigenvalue weighted by molar-refractivity contribution is -0.123. The molecule has 0 bridgehead atoms. The predicted octanol–water partition coefficient (Wildman–Crippen LogP) is 4.54. The van der Waals surface area contributed by atoms with Crippen LogP contribution in [0.25, 0.3) is 6.08 Å². The van der Waals surface area contributed by atoms with E-state index < -0.39 is 0 Å². The number of para-hydroxylation sites is 3. The standard InChI is InChI=1S/C25H21BrN2O4/c1-31-21-12-6-3-9-18(21)15-27-24(29)16-28-20-11-5-7-13-22(20)32-23(25(28)30)14-17-8-2-4-10-19(17)26/h2-14H,15-16H2,1H3,(H,27,29)/b23-14+. The highest BCUT2D eigenvalue weighted by atomic mass is 79.9. The molecule has 0 spiro atoms. The summed E-state index contributed by atoms with van der Waals surface area (Å²) in [5.74, 6) is 0.684. The van der Waals surface area contributed by atoms with Crippen LogP contribution in [0.15, 0.2) is 83.0 Å². The van der Waals surface area contributed by atoms with E-state index in [1.807, 2.05) is 54.6 Å². The topological polar surface area (TPSA) is 67.9 Å². The van der Waals surface area contributed by atoms with Gasteiger partial charge in [0.05, 0.1) is 12.8 Å². The van der Waals surface area contributed by atoms with E-state index in [0.29, 0.717) is 23.7 Å². The Labute approximate surface area is 194 Å². The molecule has 0 unspecified atom stereocenters. The number of anilines is 1. The second-order valence-corrected chi connectivity index (χ2v) is 7.93. The molecule has 4 rings (SSSR count). The van der Waals surface area contributed by atoms with Gasteiger partial charge in [-0.2, -0.15) is 0 Å². The van der Waals surface area contributed by atoms with E-state index in [2.05, 4.69) is 21.2 Å². The largest absolute Gasteiger partial charge is 0.496 e. The Hall–Kier alpha value is -3.58. The molecule has 0 atom stereocenters. The molecule has 3 aromatic carbocycles. The first-order valence-corrected chi connectivity index (χ1v) is 10.8. The maximum atomic E-state index is 13.2. The smallest absolute Gasteiger partial charge is 0.294 e. The maximum Gasteiger partial charge on any atom is 0.294 e. The molecule has 6 nitrogen and oxygen atoms in total. The van der Waals surface area contributed by atoms with Gasteiger partial charge in [-0.1, -0.05) is 64.5 Å². The number of carbonyl (C=O) groups is 2. The number of ether oxygens (including phenoxy) is 2. The number of carbonyl (C=O) groups excluding carboxylic acids is 2. The highest BCUT2D eigenvalue weighted by molar-refractivity contribution is 9.10. The molecule has 0 radical (unpaired) electrons. The Kier molecular flexibility index (Phi) is 6.56. The van der Waals surface area contributed by atoms with Crippen LogP contribution in [0.1, 0.15) is 11.1 Å². The van der Waals surface area contributed by atoms with Crippen LogP contribution in [0.3, 0.4) is 0 Å². The van der Waals surface area contributed by atoms with Crippen LogP contribution in [0, 0.1) is 0 Å². The number of benzene rings is 3. The summed E-state index contributed by atoms with van der Waals surface area (Å²) in [7, 11) is 1.59. The van der Waals surface area contributed by atoms with Crippen LogP contribution in [0.2, 0.25) is 0 Å². The number of hydrogen-bond donors (Lipinski definition) is 1. The Morgan fingerprint density at radius 3 is 2.59 bits per heavy atom. The van der Waals surface area contributed by atoms with Crippen molar-refractivity contribution in [2.45, 2.75) is 6.54 Å². The molecule has 162 valence electrons. The average Bonchev–Trinajstić information content (AvgIpc) is 2.82. The summed E-state index contributed by atoms with van der Waals surface area (Å²) in [5.41, 5.74) is 2.21. The molecule has 2 amide bonds. The van der Waals surface area contributed by atoms with Gasteiger partial charge >= 0.3 is 0 Å². The number of nitrogens with one attached hydrogen (secondary N) is 1. The molecule has 7 heteroatoms. The molecule has 0 fully saturated rings. The van der Waals surface area contributed by atoms with Gasteiger partial charge in [-0.3, -0.25) is 14.5 Å². The van der Waals surface area contributed by atoms with Crippen molar-refractivity contribution in [2.24, 2.45) is 0 Å². The number of rotatable bonds is 6. The number of fused-ring (bicyclic) bond motifs is 1. The van der Waals surface area contributed by atoms with Crippen molar-refractivity contribution in [1.82, 2.24) is 5.32 Å². The SMILES string of the molecule is COc1ccccc1CNC(=O)CN1C(=O)/C(=C\c2ccccc2Br)Oc2ccccc21. The summed E-state index contributed by atoms with van der Waals surface area (Å²) >= 11 is 3.49. The van der Waals surface area contributed by atoms with Crippen molar-refractivity contribution in [2.75, 3.05) is 18.6 Å². The molecular weight excluding hydrogens is 472 g/mol. The lowest BCUT2D eigenvalue weighted by Gasteiger charge is -2.30. The van der Waals surface area contributed by atoms with E-state index in [1.54, 1.807) is 31.4 Å². The first kappa shape index (κ1) is 21.6. The quantitative estimate of drug-likeness (QED) is 0.512. The van der Waals surface area contributed by atoms with Crippen molar-refractivity contribution in [1.29, 1.82) is 0 Å². The van der Waals surface area contributed by atoms with Crippen LogP contribution in [-0.2, 0) is 16.1 Å². The van der Waals surface area contributed by atoms with Gasteiger partial charge in [-0.25, -0.2) is 0 Å². The van der Waals surface area contributed by atoms with Crippen molar-refractivity contribution in [3.05, 3.63) is 94.2 Å². The summed E-state index contributed by atoms with van der Waals surface area (Å²) in [4.78, 5) is 27.4. The van der Waals surface area contributed by atoms with Crippen LogP contribution < -0.4 is 19.7 Å². The molecule has 32 heavy (non-hydrogen) atoms. The van der Waals surface area contributed by atoms with Gasteiger partial charge in [0.1, 0.15) is 12.3 Å². The molecule has 1 aliphatic rings. The molecule has 1 N–H and O–H groups in total. The molecule has 0 saturated carbocycles. The highest BCUT2D eigenvalue weighted by Gasteiger charge is 2.31. The lowest BCUT2D eigenvalue weighted by Crippen LogP contribution is -2.44. The third-order valence-electron chi connectivity index (χ3n) is 4.99. The first-order chi connectivity index (χ1) is 15.6. The zero-order valence-corrected chi connectivity index (χ0v) is 19.0. The minimum absolute atomic E-state index is 0.137. The number of amides is 2. The van der Waals surface area contributed by atoms with Gasteiger partial charge in [0.25, 0.3) is 5.91 Å². The van der Waals surface area contributed by atoms with E-state index in [9.17, 15) is 9.59 Å². The molecule has 0 aromatic heterocycles. The van der Waals surface area contributed by atoms with E-state index in [4.69, 9.17) is 9.47 Å². The fraction of sp³-hybridized carbons (Fsp3) is 0.120. The van der Waals surface area contributed by atoms with Crippen molar-refractivity contribution in [3.63, 3.8) is 0 Å². The Morgan fingerprint density at radius 1 is 1.06 bits per heavy atom. The molecule has 1 aliphatic heterocycles. The minimum atomic E-state index is -0.383. The molecule has 3 aromatic rings. The van der Waals surface area contributed by atoms with E-state index in [0.717, 1.165) is 15.6 Å². The van der Waals surface area contributed by atoms with Crippen LogP contribution >= 0.6 is 15.9 Å². The van der Waals surface area contributed by atoms with Gasteiger partial charge in [0, 0.05) is 16.6 Å². The van der Waals surface area contributed by atoms with Crippen molar-refractivity contribution < 1.29 is 19.1 Å². The summed E-state index contributed by atoms with van der Waals surface area (Å²) in [6.45, 7) is 0.157. The number of halogens is 1. The van der Waals surface area contributed by atoms with E-state index in [1.165, 1.54) is 4.90 Å². The zero-order chi connectivity index (χ0) is 22.5. The normalized spacial score (nSPS) is 14.0. The summed E-state index contributed by atoms with van der Waals surface area (Å²) in [6, 6.07) is 22.2. The monoisotopic (exact) mass is 492 g/mol. The van der Waals surface area contributed by atoms with Crippen LogP contribution in [-0.4, -0.2) is 25.5 Å². The Balaban J connectivity index is 1.56. The maximum absolute atomic E-state index is 13.2. The van der Waals surface area contributed by atoms with Gasteiger partial charge in [0.2, 0.25) is 5.91 Å². The van der Waals surface area contributed by atoms with Gasteiger partial charge in [-0.15, -0.1) is 0 Å². The van der Waals surface area contributed by atoms with Crippen molar-refractivity contribution >= 4 is 39.5 Å². The second kappa shape index (κ2) is 9.70. The number of nitrogens with zero attached hydrogens (tertiary/aromatic N) is 1. The molecule has 1 heterocycles. The third-order valence-corrected chi connectivity index (χ3v) is 5.72. The Morgan fingerprint density at radius 2 is 1.78 bits per heavy atom. The minimum Gasteiger partial charge on any atom is -0.496 e. The molecular formula is C25H21BrN2O4. The Bertz CT molecular complexity index is 1190. The third kappa shape index (κ3) is 4.68. The van der Waals surface area contributed by atoms with Gasteiger partial charge < -0.3 is 14.8 Å². The van der Waals surface area contributed by atoms with Crippen LogP contribution in [0.4, 0.5) is 5.69 Å². The number of methoxy groups -OCH3 is 1.